The maximum Gasteiger partial charge on any atom is 0.222 e. The zero-order valence-electron chi connectivity index (χ0n) is 31.1. The number of para-hydroxylation sites is 7. The van der Waals surface area contributed by atoms with E-state index in [1.54, 1.807) is 30.3 Å². The summed E-state index contributed by atoms with van der Waals surface area (Å²) in [4.78, 5) is 20.3. The number of benzene rings is 6. The van der Waals surface area contributed by atoms with Crippen LogP contribution in [0.25, 0.3) is 0 Å². The minimum Gasteiger partial charge on any atom is -0.871 e. The van der Waals surface area contributed by atoms with E-state index in [2.05, 4.69) is 25.0 Å². The summed E-state index contributed by atoms with van der Waals surface area (Å²) in [6.07, 6.45) is 0. The molecule has 6 aromatic rings. The van der Waals surface area contributed by atoms with Gasteiger partial charge in [-0.2, -0.15) is 0 Å². The molecule has 59 heavy (non-hydrogen) atoms. The molecule has 16 nitrogen and oxygen atoms in total. The number of aliphatic imine (C=N–C) groups is 5. The first-order valence-corrected chi connectivity index (χ1v) is 17.3. The molecule has 0 aromatic heterocycles. The second-order valence-electron chi connectivity index (χ2n) is 12.2. The number of ether oxygens (including phenoxy) is 2. The van der Waals surface area contributed by atoms with Crippen molar-refractivity contribution in [3.63, 3.8) is 0 Å². The zero-order valence-corrected chi connectivity index (χ0v) is 31.1. The molecule has 0 atom stereocenters. The summed E-state index contributed by atoms with van der Waals surface area (Å²) in [7, 11) is 2.72. The Labute approximate surface area is 335 Å². The minimum atomic E-state index is -0.794. The van der Waals surface area contributed by atoms with Gasteiger partial charge in [-0.3, -0.25) is 0 Å². The number of aliphatic hydroxyl groups excluding tert-OH is 5. The van der Waals surface area contributed by atoms with Crippen LogP contribution in [0.15, 0.2) is 146 Å². The second kappa shape index (κ2) is 17.5. The van der Waals surface area contributed by atoms with E-state index in [9.17, 15) is 46.0 Å². The second-order valence-corrected chi connectivity index (χ2v) is 12.2. The van der Waals surface area contributed by atoms with Crippen molar-refractivity contribution in [3.05, 3.63) is 149 Å². The monoisotopic (exact) mass is 796 g/mol. The molecule has 0 aliphatic carbocycles. The molecule has 6 aromatic carbocycles. The van der Waals surface area contributed by atoms with Crippen molar-refractivity contribution in [2.75, 3.05) is 14.2 Å². The first-order chi connectivity index (χ1) is 28.4. The number of hydrogen-bond donors (Lipinski definition) is 8. The van der Waals surface area contributed by atoms with Crippen LogP contribution in [0, 0.1) is 0 Å². The standard InChI is InChI=1S/C43H35N5O11/c1-58-34-22-6-3-11-23(34)39(53)45-29-17-7-12-24(35(29)50)40(54)46-30-18-8-13-25(36(30)51)41(55)47-31-19-9-14-26(37(31)52)42(56)48-32-20-10-15-27(38(32)59-2)43(57)44-28-16-4-5-21-33(28)49/h3-22,49-52H,1-2H3,(H,44,57)(H,45,53)(H,46,54)(H,47,55)(H,48,56)/p-1. The molecule has 298 valence electrons. The van der Waals surface area contributed by atoms with Crippen LogP contribution in [0.5, 0.6) is 34.5 Å². The highest BCUT2D eigenvalue weighted by molar-refractivity contribution is 6.04. The van der Waals surface area contributed by atoms with Crippen molar-refractivity contribution in [3.8, 4) is 34.5 Å². The Bertz CT molecular complexity index is 2710. The normalized spacial score (nSPS) is 12.7. The van der Waals surface area contributed by atoms with E-state index in [4.69, 9.17) is 9.47 Å². The first-order valence-electron chi connectivity index (χ1n) is 17.3. The van der Waals surface area contributed by atoms with Crippen molar-refractivity contribution in [1.82, 2.24) is 0 Å². The van der Waals surface area contributed by atoms with Gasteiger partial charge >= 0.3 is 0 Å². The molecular weight excluding hydrogens is 762 g/mol. The highest BCUT2D eigenvalue weighted by Crippen LogP contribution is 2.38. The fourth-order valence-corrected chi connectivity index (χ4v) is 5.66. The summed E-state index contributed by atoms with van der Waals surface area (Å²) in [5.74, 6) is -5.18. The van der Waals surface area contributed by atoms with Crippen molar-refractivity contribution in [1.29, 1.82) is 0 Å². The van der Waals surface area contributed by atoms with Gasteiger partial charge in [0.1, 0.15) is 28.5 Å². The summed E-state index contributed by atoms with van der Waals surface area (Å²) in [5, 5.41) is 99.6. The molecule has 0 fully saturated rings. The van der Waals surface area contributed by atoms with E-state index < -0.39 is 52.5 Å². The van der Waals surface area contributed by atoms with Crippen LogP contribution in [0.1, 0.15) is 27.8 Å². The minimum absolute atomic E-state index is 0.0140. The fourth-order valence-electron chi connectivity index (χ4n) is 5.66. The van der Waals surface area contributed by atoms with Gasteiger partial charge in [0, 0.05) is 0 Å². The number of phenolic OH excluding ortho intramolecular Hbond substituents is 3. The van der Waals surface area contributed by atoms with Crippen LogP contribution in [-0.2, 0) is 0 Å². The van der Waals surface area contributed by atoms with Gasteiger partial charge in [0.25, 0.3) is 0 Å². The molecule has 8 N–H and O–H groups in total. The molecule has 0 heterocycles. The Morgan fingerprint density at radius 2 is 0.729 bits per heavy atom. The van der Waals surface area contributed by atoms with Gasteiger partial charge in [-0.15, -0.1) is 0 Å². The lowest BCUT2D eigenvalue weighted by Gasteiger charge is -2.12. The molecule has 0 radical (unpaired) electrons. The number of aromatic hydroxyl groups is 3. The highest BCUT2D eigenvalue weighted by Gasteiger charge is 2.20. The van der Waals surface area contributed by atoms with Crippen LogP contribution in [0.3, 0.4) is 0 Å². The van der Waals surface area contributed by atoms with Gasteiger partial charge < -0.3 is 55.4 Å². The first kappa shape index (κ1) is 40.1. The molecular formula is C43H34N5O11-. The smallest absolute Gasteiger partial charge is 0.222 e. The number of phenols is 3. The highest BCUT2D eigenvalue weighted by atomic mass is 16.5. The predicted molar refractivity (Wildman–Crippen MR) is 220 cm³/mol. The van der Waals surface area contributed by atoms with Crippen LogP contribution in [-0.4, -0.2) is 84.6 Å². The number of aliphatic hydroxyl groups is 5. The molecule has 0 aliphatic heterocycles. The van der Waals surface area contributed by atoms with Crippen molar-refractivity contribution < 1.29 is 55.4 Å². The molecule has 0 bridgehead atoms. The quantitative estimate of drug-likeness (QED) is 0.0433. The third kappa shape index (κ3) is 8.66. The number of hydrogen-bond acceptors (Lipinski definition) is 11. The third-order valence-electron chi connectivity index (χ3n) is 8.55. The fraction of sp³-hybridized carbons (Fsp3) is 0.0465. The Kier molecular flexibility index (Phi) is 11.9. The maximum atomic E-state index is 12.1. The maximum absolute atomic E-state index is 12.1. The third-order valence-corrected chi connectivity index (χ3v) is 8.55. The summed E-state index contributed by atoms with van der Waals surface area (Å²) >= 11 is 0. The number of nitrogens with zero attached hydrogens (tertiary/aromatic N) is 5. The largest absolute Gasteiger partial charge is 0.871 e. The topological polar surface area (TPSA) is 265 Å². The number of rotatable bonds is 12. The van der Waals surface area contributed by atoms with Gasteiger partial charge in [0.2, 0.25) is 29.5 Å². The lowest BCUT2D eigenvalue weighted by Crippen LogP contribution is -2.04. The molecule has 16 heteroatoms. The predicted octanol–water partition coefficient (Wildman–Crippen LogP) is 8.08. The lowest BCUT2D eigenvalue weighted by atomic mass is 10.1. The summed E-state index contributed by atoms with van der Waals surface area (Å²) in [6.45, 7) is 0. The molecule has 0 saturated heterocycles. The van der Waals surface area contributed by atoms with E-state index in [1.807, 2.05) is 0 Å². The Hall–Kier alpha value is -8.53. The lowest BCUT2D eigenvalue weighted by molar-refractivity contribution is -0.267. The van der Waals surface area contributed by atoms with E-state index in [1.165, 1.54) is 105 Å². The van der Waals surface area contributed by atoms with E-state index in [-0.39, 0.29) is 62.0 Å². The van der Waals surface area contributed by atoms with Crippen molar-refractivity contribution in [2.45, 2.75) is 0 Å². The van der Waals surface area contributed by atoms with Gasteiger partial charge in [0.05, 0.1) is 47.7 Å². The van der Waals surface area contributed by atoms with Crippen LogP contribution >= 0.6 is 0 Å². The average Bonchev–Trinajstić information content (AvgIpc) is 3.23. The van der Waals surface area contributed by atoms with Crippen LogP contribution in [0.2, 0.25) is 0 Å². The van der Waals surface area contributed by atoms with Crippen LogP contribution < -0.4 is 14.6 Å². The van der Waals surface area contributed by atoms with Crippen molar-refractivity contribution in [2.24, 2.45) is 25.0 Å². The SMILES string of the molecule is COc1ccccc1C(O)=Nc1cccc(C(O)=Nc2cccc(C(O)=Nc3cccc(C(O)=Nc4cccc(C(O)=Nc5ccccc5[O-])c4OC)c3O)c2O)c1O. The Balaban J connectivity index is 1.28. The van der Waals surface area contributed by atoms with Crippen LogP contribution in [0.4, 0.5) is 28.4 Å². The molecule has 0 amide bonds. The van der Waals surface area contributed by atoms with E-state index >= 15 is 0 Å². The average molecular weight is 797 g/mol. The Morgan fingerprint density at radius 1 is 0.390 bits per heavy atom. The molecule has 6 rings (SSSR count). The van der Waals surface area contributed by atoms with E-state index in [0.717, 1.165) is 0 Å². The zero-order chi connectivity index (χ0) is 42.2. The summed E-state index contributed by atoms with van der Waals surface area (Å²) in [6, 6.07) is 28.9. The van der Waals surface area contributed by atoms with Gasteiger partial charge in [0.15, 0.2) is 23.0 Å². The Morgan fingerprint density at radius 3 is 1.20 bits per heavy atom. The van der Waals surface area contributed by atoms with E-state index in [0.29, 0.717) is 5.75 Å². The summed E-state index contributed by atoms with van der Waals surface area (Å²) in [5.41, 5.74) is -1.01. The van der Waals surface area contributed by atoms with Gasteiger partial charge in [-0.25, -0.2) is 25.0 Å². The summed E-state index contributed by atoms with van der Waals surface area (Å²) < 4.78 is 10.7. The number of methoxy groups -OCH3 is 2. The van der Waals surface area contributed by atoms with Gasteiger partial charge in [-0.05, 0) is 66.7 Å². The molecule has 0 saturated carbocycles. The molecule has 0 spiro atoms. The van der Waals surface area contributed by atoms with Crippen molar-refractivity contribution >= 4 is 57.9 Å². The molecule has 0 unspecified atom stereocenters. The van der Waals surface area contributed by atoms with Gasteiger partial charge in [-0.1, -0.05) is 60.3 Å². The molecule has 0 aliphatic rings.